The number of ether oxygens (including phenoxy) is 2. The second-order valence-corrected chi connectivity index (χ2v) is 7.42. The molecule has 0 radical (unpaired) electrons. The van der Waals surface area contributed by atoms with Gasteiger partial charge in [0.2, 0.25) is 0 Å². The minimum Gasteiger partial charge on any atom is -0.497 e. The van der Waals surface area contributed by atoms with Gasteiger partial charge in [-0.25, -0.2) is 0 Å². The normalized spacial score (nSPS) is 11.1. The zero-order chi connectivity index (χ0) is 22.7. The van der Waals surface area contributed by atoms with Crippen LogP contribution in [0.5, 0.6) is 11.5 Å². The molecule has 0 aliphatic heterocycles. The highest BCUT2D eigenvalue weighted by Crippen LogP contribution is 2.31. The summed E-state index contributed by atoms with van der Waals surface area (Å²) in [5.74, 6) is 0.847. The summed E-state index contributed by atoms with van der Waals surface area (Å²) in [6.45, 7) is 1.96. The fourth-order valence-corrected chi connectivity index (χ4v) is 3.77. The van der Waals surface area contributed by atoms with Gasteiger partial charge in [-0.2, -0.15) is 0 Å². The molecule has 0 spiro atoms. The lowest BCUT2D eigenvalue weighted by Crippen LogP contribution is -2.18. The maximum atomic E-state index is 13.3. The zero-order valence-corrected chi connectivity index (χ0v) is 18.1. The van der Waals surface area contributed by atoms with Gasteiger partial charge in [0, 0.05) is 22.0 Å². The summed E-state index contributed by atoms with van der Waals surface area (Å²) in [5.41, 5.74) is 3.51. The van der Waals surface area contributed by atoms with Crippen molar-refractivity contribution in [3.05, 3.63) is 99.9 Å². The molecule has 3 aromatic carbocycles. The van der Waals surface area contributed by atoms with E-state index in [9.17, 15) is 9.59 Å². The number of carbonyl (C=O) groups excluding carboxylic acids is 1. The average molecular weight is 425 g/mol. The van der Waals surface area contributed by atoms with Crippen LogP contribution in [0.1, 0.15) is 21.5 Å². The quantitative estimate of drug-likeness (QED) is 0.331. The molecule has 0 fully saturated rings. The second-order valence-electron chi connectivity index (χ2n) is 7.42. The van der Waals surface area contributed by atoms with Gasteiger partial charge in [-0.15, -0.1) is 0 Å². The molecule has 32 heavy (non-hydrogen) atoms. The lowest BCUT2D eigenvalue weighted by molar-refractivity contribution is 0.104. The predicted octanol–water partition coefficient (Wildman–Crippen LogP) is 5.42. The van der Waals surface area contributed by atoms with Crippen molar-refractivity contribution in [1.82, 2.24) is 4.98 Å². The number of ketones is 1. The van der Waals surface area contributed by atoms with E-state index in [-0.39, 0.29) is 5.56 Å². The van der Waals surface area contributed by atoms with Crippen molar-refractivity contribution in [2.45, 2.75) is 6.92 Å². The third kappa shape index (κ3) is 4.05. The molecule has 0 bridgehead atoms. The van der Waals surface area contributed by atoms with Gasteiger partial charge in [-0.3, -0.25) is 9.59 Å². The summed E-state index contributed by atoms with van der Waals surface area (Å²) in [4.78, 5) is 29.3. The number of aromatic nitrogens is 1. The molecule has 0 saturated heterocycles. The van der Waals surface area contributed by atoms with Crippen molar-refractivity contribution in [3.63, 3.8) is 0 Å². The van der Waals surface area contributed by atoms with Crippen LogP contribution in [0, 0.1) is 6.92 Å². The molecule has 4 rings (SSSR count). The minimum atomic E-state index is -0.422. The number of methoxy groups -OCH3 is 2. The van der Waals surface area contributed by atoms with Gasteiger partial charge >= 0.3 is 0 Å². The van der Waals surface area contributed by atoms with Gasteiger partial charge in [0.25, 0.3) is 5.56 Å². The van der Waals surface area contributed by atoms with Crippen LogP contribution < -0.4 is 15.0 Å². The Morgan fingerprint density at radius 2 is 1.72 bits per heavy atom. The van der Waals surface area contributed by atoms with Gasteiger partial charge in [-0.05, 0) is 54.5 Å². The number of nitrogens with one attached hydrogen (secondary N) is 1. The molecule has 5 nitrogen and oxygen atoms in total. The molecule has 1 aromatic heterocycles. The van der Waals surface area contributed by atoms with E-state index in [1.165, 1.54) is 6.08 Å². The zero-order valence-electron chi connectivity index (χ0n) is 18.1. The number of hydrogen-bond acceptors (Lipinski definition) is 4. The van der Waals surface area contributed by atoms with Gasteiger partial charge in [0.05, 0.1) is 19.8 Å². The van der Waals surface area contributed by atoms with Crippen molar-refractivity contribution in [2.75, 3.05) is 14.2 Å². The SMILES string of the molecule is COc1ccc(OC)c(/C=C/C(=O)c2c(-c3ccccc3)c3ccc(C)cc3[nH]c2=O)c1. The topological polar surface area (TPSA) is 68.4 Å². The van der Waals surface area contributed by atoms with Crippen LogP contribution in [-0.2, 0) is 0 Å². The molecule has 0 amide bonds. The van der Waals surface area contributed by atoms with Gasteiger partial charge in [0.1, 0.15) is 11.5 Å². The molecule has 0 saturated carbocycles. The third-order valence-electron chi connectivity index (χ3n) is 5.33. The molecule has 1 heterocycles. The van der Waals surface area contributed by atoms with Crippen molar-refractivity contribution in [1.29, 1.82) is 0 Å². The Labute approximate surface area is 185 Å². The number of hydrogen-bond donors (Lipinski definition) is 1. The molecule has 0 aliphatic rings. The largest absolute Gasteiger partial charge is 0.497 e. The fraction of sp³-hybridized carbons (Fsp3) is 0.111. The minimum absolute atomic E-state index is 0.102. The molecule has 0 atom stereocenters. The summed E-state index contributed by atoms with van der Waals surface area (Å²) < 4.78 is 10.7. The van der Waals surface area contributed by atoms with Gasteiger partial charge in [0.15, 0.2) is 5.78 Å². The lowest BCUT2D eigenvalue weighted by atomic mass is 9.93. The number of rotatable bonds is 6. The Balaban J connectivity index is 1.89. The summed E-state index contributed by atoms with van der Waals surface area (Å²) >= 11 is 0. The van der Waals surface area contributed by atoms with Gasteiger partial charge < -0.3 is 14.5 Å². The maximum absolute atomic E-state index is 13.3. The summed E-state index contributed by atoms with van der Waals surface area (Å²) in [6, 6.07) is 20.6. The number of pyridine rings is 1. The lowest BCUT2D eigenvalue weighted by Gasteiger charge is -2.12. The predicted molar refractivity (Wildman–Crippen MR) is 128 cm³/mol. The van der Waals surface area contributed by atoms with Crippen molar-refractivity contribution >= 4 is 22.8 Å². The Morgan fingerprint density at radius 1 is 0.938 bits per heavy atom. The first kappa shape index (κ1) is 21.1. The molecule has 4 aromatic rings. The molecular formula is C27H23NO4. The first-order valence-electron chi connectivity index (χ1n) is 10.2. The first-order chi connectivity index (χ1) is 15.5. The Hall–Kier alpha value is -4.12. The standard InChI is InChI=1S/C27H23NO4/c1-17-9-12-21-22(15-17)28-27(30)26(25(21)18-7-5-4-6-8-18)23(29)13-10-19-16-20(31-2)11-14-24(19)32-3/h4-16H,1-3H3,(H,28,30)/b13-10+. The van der Waals surface area contributed by atoms with Crippen molar-refractivity contribution < 1.29 is 14.3 Å². The van der Waals surface area contributed by atoms with E-state index in [4.69, 9.17) is 9.47 Å². The Kier molecular flexibility index (Phi) is 5.90. The van der Waals surface area contributed by atoms with E-state index in [1.807, 2.05) is 55.5 Å². The Morgan fingerprint density at radius 3 is 2.44 bits per heavy atom. The van der Waals surface area contributed by atoms with Crippen LogP contribution in [0.15, 0.2) is 77.6 Å². The van der Waals surface area contributed by atoms with E-state index in [1.54, 1.807) is 38.5 Å². The number of aromatic amines is 1. The van der Waals surface area contributed by atoms with Crippen LogP contribution in [0.4, 0.5) is 0 Å². The molecule has 0 aliphatic carbocycles. The molecular weight excluding hydrogens is 402 g/mol. The number of fused-ring (bicyclic) bond motifs is 1. The monoisotopic (exact) mass is 425 g/mol. The summed E-state index contributed by atoms with van der Waals surface area (Å²) in [7, 11) is 3.13. The van der Waals surface area contributed by atoms with Crippen molar-refractivity contribution in [2.24, 2.45) is 0 Å². The third-order valence-corrected chi connectivity index (χ3v) is 5.33. The van der Waals surface area contributed by atoms with Crippen LogP contribution >= 0.6 is 0 Å². The fourth-order valence-electron chi connectivity index (χ4n) is 3.77. The van der Waals surface area contributed by atoms with E-state index in [0.717, 1.165) is 16.5 Å². The first-order valence-corrected chi connectivity index (χ1v) is 10.2. The smallest absolute Gasteiger partial charge is 0.260 e. The average Bonchev–Trinajstić information content (AvgIpc) is 2.81. The highest BCUT2D eigenvalue weighted by molar-refractivity contribution is 6.15. The number of allylic oxidation sites excluding steroid dienone is 1. The number of benzene rings is 3. The van der Waals surface area contributed by atoms with Crippen molar-refractivity contribution in [3.8, 4) is 22.6 Å². The van der Waals surface area contributed by atoms with Crippen LogP contribution in [0.3, 0.4) is 0 Å². The van der Waals surface area contributed by atoms with Gasteiger partial charge in [-0.1, -0.05) is 42.5 Å². The number of H-pyrrole nitrogens is 1. The number of aryl methyl sites for hydroxylation is 1. The second kappa shape index (κ2) is 8.94. The van der Waals surface area contributed by atoms with Crippen LogP contribution in [0.2, 0.25) is 0 Å². The highest BCUT2D eigenvalue weighted by atomic mass is 16.5. The summed E-state index contributed by atoms with van der Waals surface area (Å²) in [5, 5.41) is 0.817. The number of carbonyl (C=O) groups is 1. The van der Waals surface area contributed by atoms with E-state index in [2.05, 4.69) is 4.98 Å². The molecule has 1 N–H and O–H groups in total. The van der Waals surface area contributed by atoms with Crippen LogP contribution in [0.25, 0.3) is 28.1 Å². The van der Waals surface area contributed by atoms with E-state index in [0.29, 0.717) is 28.1 Å². The maximum Gasteiger partial charge on any atom is 0.260 e. The highest BCUT2D eigenvalue weighted by Gasteiger charge is 2.19. The Bertz CT molecular complexity index is 1380. The molecule has 5 heteroatoms. The summed E-state index contributed by atoms with van der Waals surface area (Å²) in [6.07, 6.45) is 3.03. The van der Waals surface area contributed by atoms with E-state index >= 15 is 0 Å². The van der Waals surface area contributed by atoms with Crippen LogP contribution in [-0.4, -0.2) is 25.0 Å². The van der Waals surface area contributed by atoms with E-state index < -0.39 is 11.3 Å². The molecule has 0 unspecified atom stereocenters. The molecule has 160 valence electrons.